The van der Waals surface area contributed by atoms with Gasteiger partial charge in [-0.05, 0) is 26.7 Å². The van der Waals surface area contributed by atoms with Gasteiger partial charge < -0.3 is 15.6 Å². The van der Waals surface area contributed by atoms with Crippen LogP contribution in [-0.4, -0.2) is 22.5 Å². The Balaban J connectivity index is 2.08. The minimum Gasteiger partial charge on any atom is -0.368 e. The van der Waals surface area contributed by atoms with Crippen molar-refractivity contribution in [1.82, 2.24) is 10.5 Å². The lowest BCUT2D eigenvalue weighted by atomic mass is 9.81. The number of carbonyl (C=O) groups excluding carboxylic acids is 2. The van der Waals surface area contributed by atoms with E-state index in [1.54, 1.807) is 13.8 Å². The largest absolute Gasteiger partial charge is 0.368 e. The minimum atomic E-state index is -0.881. The highest BCUT2D eigenvalue weighted by Crippen LogP contribution is 2.28. The first kappa shape index (κ1) is 14.6. The standard InChI is InChI=1S/C14H21N3O3/c1-9-11(10(2)20-17-9)8-12(18)16-14(13(15)19)6-4-3-5-7-14/h3-8H2,1-2H3,(H2,15,19)(H,16,18). The molecule has 0 spiro atoms. The van der Waals surface area contributed by atoms with Gasteiger partial charge in [-0.2, -0.15) is 0 Å². The quantitative estimate of drug-likeness (QED) is 0.863. The Morgan fingerprint density at radius 1 is 1.30 bits per heavy atom. The number of aryl methyl sites for hydroxylation is 2. The predicted octanol–water partition coefficient (Wildman–Crippen LogP) is 1.14. The van der Waals surface area contributed by atoms with Crippen molar-refractivity contribution in [3.63, 3.8) is 0 Å². The predicted molar refractivity (Wildman–Crippen MR) is 72.8 cm³/mol. The first-order valence-corrected chi connectivity index (χ1v) is 6.97. The Hall–Kier alpha value is -1.85. The molecule has 2 amide bonds. The molecule has 110 valence electrons. The highest BCUT2D eigenvalue weighted by molar-refractivity contribution is 5.91. The first-order chi connectivity index (χ1) is 9.44. The number of primary amides is 1. The summed E-state index contributed by atoms with van der Waals surface area (Å²) in [6.07, 6.45) is 4.30. The highest BCUT2D eigenvalue weighted by atomic mass is 16.5. The zero-order valence-corrected chi connectivity index (χ0v) is 12.0. The zero-order chi connectivity index (χ0) is 14.8. The van der Waals surface area contributed by atoms with Gasteiger partial charge in [-0.3, -0.25) is 9.59 Å². The SMILES string of the molecule is Cc1noc(C)c1CC(=O)NC1(C(N)=O)CCCCC1. The van der Waals surface area contributed by atoms with Crippen LogP contribution in [0.4, 0.5) is 0 Å². The van der Waals surface area contributed by atoms with Gasteiger partial charge in [-0.15, -0.1) is 0 Å². The lowest BCUT2D eigenvalue weighted by molar-refractivity contribution is -0.132. The van der Waals surface area contributed by atoms with Crippen LogP contribution >= 0.6 is 0 Å². The van der Waals surface area contributed by atoms with Gasteiger partial charge in [0.05, 0.1) is 12.1 Å². The first-order valence-electron chi connectivity index (χ1n) is 6.97. The van der Waals surface area contributed by atoms with Crippen LogP contribution in [0.1, 0.15) is 49.1 Å². The molecular weight excluding hydrogens is 258 g/mol. The molecule has 0 bridgehead atoms. The minimum absolute atomic E-state index is 0.163. The Kier molecular flexibility index (Phi) is 4.11. The fourth-order valence-electron chi connectivity index (χ4n) is 2.81. The number of rotatable bonds is 4. The fraction of sp³-hybridized carbons (Fsp3) is 0.643. The van der Waals surface area contributed by atoms with Gasteiger partial charge in [-0.25, -0.2) is 0 Å². The molecule has 0 aromatic carbocycles. The van der Waals surface area contributed by atoms with Crippen LogP contribution < -0.4 is 11.1 Å². The molecule has 6 nitrogen and oxygen atoms in total. The normalized spacial score (nSPS) is 17.7. The Bertz CT molecular complexity index is 496. The van der Waals surface area contributed by atoms with Crippen LogP contribution in [0.25, 0.3) is 0 Å². The lowest BCUT2D eigenvalue weighted by Crippen LogP contribution is -2.58. The van der Waals surface area contributed by atoms with E-state index in [4.69, 9.17) is 10.3 Å². The number of hydrogen-bond donors (Lipinski definition) is 2. The van der Waals surface area contributed by atoms with E-state index < -0.39 is 11.4 Å². The van der Waals surface area contributed by atoms with Crippen LogP contribution in [0.5, 0.6) is 0 Å². The maximum atomic E-state index is 12.2. The molecule has 0 saturated heterocycles. The van der Waals surface area contributed by atoms with E-state index in [1.165, 1.54) is 0 Å². The Morgan fingerprint density at radius 3 is 2.45 bits per heavy atom. The van der Waals surface area contributed by atoms with E-state index in [-0.39, 0.29) is 12.3 Å². The summed E-state index contributed by atoms with van der Waals surface area (Å²) in [6, 6.07) is 0. The van der Waals surface area contributed by atoms with Crippen LogP contribution in [-0.2, 0) is 16.0 Å². The van der Waals surface area contributed by atoms with E-state index in [0.717, 1.165) is 24.8 Å². The molecule has 3 N–H and O–H groups in total. The van der Waals surface area contributed by atoms with Gasteiger partial charge in [0.2, 0.25) is 11.8 Å². The number of amides is 2. The van der Waals surface area contributed by atoms with Crippen molar-refractivity contribution in [2.24, 2.45) is 5.73 Å². The maximum Gasteiger partial charge on any atom is 0.243 e. The van der Waals surface area contributed by atoms with Gasteiger partial charge >= 0.3 is 0 Å². The highest BCUT2D eigenvalue weighted by Gasteiger charge is 2.39. The van der Waals surface area contributed by atoms with Crippen LogP contribution in [0.15, 0.2) is 4.52 Å². The zero-order valence-electron chi connectivity index (χ0n) is 12.0. The van der Waals surface area contributed by atoms with E-state index in [2.05, 4.69) is 10.5 Å². The van der Waals surface area contributed by atoms with Crippen molar-refractivity contribution in [3.8, 4) is 0 Å². The third kappa shape index (κ3) is 2.84. The summed E-state index contributed by atoms with van der Waals surface area (Å²) in [5.41, 5.74) is 6.10. The molecule has 0 atom stereocenters. The summed E-state index contributed by atoms with van der Waals surface area (Å²) < 4.78 is 5.04. The molecule has 1 aromatic rings. The monoisotopic (exact) mass is 279 g/mol. The average molecular weight is 279 g/mol. The third-order valence-corrected chi connectivity index (χ3v) is 4.08. The number of aromatic nitrogens is 1. The van der Waals surface area contributed by atoms with Crippen LogP contribution in [0, 0.1) is 13.8 Å². The summed E-state index contributed by atoms with van der Waals surface area (Å²) in [5, 5.41) is 6.66. The smallest absolute Gasteiger partial charge is 0.243 e. The lowest BCUT2D eigenvalue weighted by Gasteiger charge is -2.35. The van der Waals surface area contributed by atoms with Crippen LogP contribution in [0.2, 0.25) is 0 Å². The van der Waals surface area contributed by atoms with Crippen molar-refractivity contribution in [1.29, 1.82) is 0 Å². The molecule has 1 aliphatic carbocycles. The number of nitrogens with two attached hydrogens (primary N) is 1. The Morgan fingerprint density at radius 2 is 1.95 bits per heavy atom. The molecular formula is C14H21N3O3. The van der Waals surface area contributed by atoms with Gasteiger partial charge in [0.1, 0.15) is 11.3 Å². The molecule has 0 unspecified atom stereocenters. The summed E-state index contributed by atoms with van der Waals surface area (Å²) in [5.74, 6) is -0.0150. The van der Waals surface area contributed by atoms with E-state index >= 15 is 0 Å². The second kappa shape index (κ2) is 5.64. The van der Waals surface area contributed by atoms with Gasteiger partial charge in [0.25, 0.3) is 0 Å². The summed E-state index contributed by atoms with van der Waals surface area (Å²) >= 11 is 0. The number of carbonyl (C=O) groups is 2. The second-order valence-electron chi connectivity index (χ2n) is 5.53. The maximum absolute atomic E-state index is 12.2. The van der Waals surface area contributed by atoms with Crippen LogP contribution in [0.3, 0.4) is 0 Å². The van der Waals surface area contributed by atoms with Gasteiger partial charge in [0, 0.05) is 5.56 Å². The molecule has 0 radical (unpaired) electrons. The van der Waals surface area contributed by atoms with Gasteiger partial charge in [-0.1, -0.05) is 24.4 Å². The molecule has 6 heteroatoms. The summed E-state index contributed by atoms with van der Waals surface area (Å²) in [4.78, 5) is 23.9. The van der Waals surface area contributed by atoms with E-state index in [9.17, 15) is 9.59 Å². The van der Waals surface area contributed by atoms with E-state index in [0.29, 0.717) is 24.3 Å². The third-order valence-electron chi connectivity index (χ3n) is 4.08. The van der Waals surface area contributed by atoms with Gasteiger partial charge in [0.15, 0.2) is 0 Å². The van der Waals surface area contributed by atoms with Crippen molar-refractivity contribution < 1.29 is 14.1 Å². The molecule has 0 aliphatic heterocycles. The molecule has 20 heavy (non-hydrogen) atoms. The summed E-state index contributed by atoms with van der Waals surface area (Å²) in [6.45, 7) is 3.57. The number of nitrogens with zero attached hydrogens (tertiary/aromatic N) is 1. The Labute approximate surface area is 118 Å². The van der Waals surface area contributed by atoms with E-state index in [1.807, 2.05) is 0 Å². The molecule has 2 rings (SSSR count). The number of hydrogen-bond acceptors (Lipinski definition) is 4. The topological polar surface area (TPSA) is 98.2 Å². The fourth-order valence-corrected chi connectivity index (χ4v) is 2.81. The molecule has 1 aliphatic rings. The summed E-state index contributed by atoms with van der Waals surface area (Å²) in [7, 11) is 0. The van der Waals surface area contributed by atoms with Crippen molar-refractivity contribution >= 4 is 11.8 Å². The van der Waals surface area contributed by atoms with Crippen molar-refractivity contribution in [3.05, 3.63) is 17.0 Å². The molecule has 1 fully saturated rings. The second-order valence-corrected chi connectivity index (χ2v) is 5.53. The average Bonchev–Trinajstić information content (AvgIpc) is 2.71. The molecule has 1 aromatic heterocycles. The van der Waals surface area contributed by atoms with Crippen molar-refractivity contribution in [2.45, 2.75) is 57.9 Å². The molecule has 1 saturated carbocycles. The molecule has 1 heterocycles. The van der Waals surface area contributed by atoms with Crippen molar-refractivity contribution in [2.75, 3.05) is 0 Å². The number of nitrogens with one attached hydrogen (secondary N) is 1.